The van der Waals surface area contributed by atoms with Gasteiger partial charge in [-0.05, 0) is 58.2 Å². The number of likely N-dealkylation sites (tertiary alicyclic amines) is 1. The molecule has 0 aliphatic carbocycles. The number of carbonyl (C=O) groups excluding carboxylic acids is 1. The Morgan fingerprint density at radius 3 is 2.67 bits per heavy atom. The Morgan fingerprint density at radius 1 is 1.20 bits per heavy atom. The van der Waals surface area contributed by atoms with Crippen molar-refractivity contribution >= 4 is 23.2 Å². The van der Waals surface area contributed by atoms with Crippen molar-refractivity contribution < 1.29 is 4.79 Å². The fourth-order valence-corrected chi connectivity index (χ4v) is 4.23. The Kier molecular flexibility index (Phi) is 5.26. The van der Waals surface area contributed by atoms with Gasteiger partial charge in [0.15, 0.2) is 5.82 Å². The van der Waals surface area contributed by atoms with Gasteiger partial charge in [-0.25, -0.2) is 4.98 Å². The number of aryl methyl sites for hydroxylation is 1. The number of anilines is 2. The fourth-order valence-electron chi connectivity index (χ4n) is 4.23. The molecular formula is C24H31N5O. The van der Waals surface area contributed by atoms with Crippen molar-refractivity contribution in [2.45, 2.75) is 58.0 Å². The number of rotatable bonds is 2. The minimum Gasteiger partial charge on any atom is -0.370 e. The molecule has 2 aliphatic heterocycles. The predicted octanol–water partition coefficient (Wildman–Crippen LogP) is 4.03. The largest absolute Gasteiger partial charge is 0.370 e. The van der Waals surface area contributed by atoms with Crippen molar-refractivity contribution in [3.63, 3.8) is 0 Å². The molecule has 1 spiro atoms. The highest BCUT2D eigenvalue weighted by molar-refractivity contribution is 6.09. The van der Waals surface area contributed by atoms with Crippen LogP contribution in [0.2, 0.25) is 0 Å². The summed E-state index contributed by atoms with van der Waals surface area (Å²) in [4.78, 5) is 24.3. The first-order valence-corrected chi connectivity index (χ1v) is 10.7. The van der Waals surface area contributed by atoms with Crippen molar-refractivity contribution in [2.75, 3.05) is 23.7 Å². The molecule has 2 aliphatic rings. The van der Waals surface area contributed by atoms with Gasteiger partial charge in [-0.3, -0.25) is 9.79 Å². The van der Waals surface area contributed by atoms with Crippen LogP contribution in [0, 0.1) is 6.92 Å². The number of piperidine rings is 1. The molecule has 1 fully saturated rings. The number of nitrogens with one attached hydrogen (secondary N) is 2. The summed E-state index contributed by atoms with van der Waals surface area (Å²) in [7, 11) is 0. The number of hydrogen-bond donors (Lipinski definition) is 2. The summed E-state index contributed by atoms with van der Waals surface area (Å²) >= 11 is 0. The van der Waals surface area contributed by atoms with E-state index in [1.807, 2.05) is 29.2 Å². The number of pyridine rings is 1. The van der Waals surface area contributed by atoms with Gasteiger partial charge in [0.25, 0.3) is 0 Å². The smallest absolute Gasteiger partial charge is 0.226 e. The molecule has 0 unspecified atom stereocenters. The van der Waals surface area contributed by atoms with Crippen molar-refractivity contribution in [3.05, 3.63) is 53.7 Å². The van der Waals surface area contributed by atoms with Gasteiger partial charge in [0.2, 0.25) is 5.91 Å². The van der Waals surface area contributed by atoms with Gasteiger partial charge in [0, 0.05) is 19.3 Å². The van der Waals surface area contributed by atoms with E-state index >= 15 is 0 Å². The van der Waals surface area contributed by atoms with E-state index in [4.69, 9.17) is 4.99 Å². The van der Waals surface area contributed by atoms with Gasteiger partial charge >= 0.3 is 0 Å². The number of amides is 1. The first-order valence-electron chi connectivity index (χ1n) is 10.7. The second-order valence-electron chi connectivity index (χ2n) is 9.41. The minimum atomic E-state index is -0.302. The van der Waals surface area contributed by atoms with E-state index in [0.29, 0.717) is 19.5 Å². The lowest BCUT2D eigenvalue weighted by atomic mass is 9.83. The Bertz CT molecular complexity index is 968. The number of nitrogens with zero attached hydrogens (tertiary/aromatic N) is 3. The minimum absolute atomic E-state index is 0.190. The predicted molar refractivity (Wildman–Crippen MR) is 122 cm³/mol. The Morgan fingerprint density at radius 2 is 1.97 bits per heavy atom. The van der Waals surface area contributed by atoms with Crippen LogP contribution in [-0.4, -0.2) is 45.8 Å². The van der Waals surface area contributed by atoms with E-state index in [1.54, 1.807) is 6.20 Å². The van der Waals surface area contributed by atoms with E-state index in [-0.39, 0.29) is 17.0 Å². The third-order valence-electron chi connectivity index (χ3n) is 5.73. The number of fused-ring (bicyclic) bond motifs is 1. The molecule has 6 nitrogen and oxygen atoms in total. The lowest BCUT2D eigenvalue weighted by molar-refractivity contribution is -0.131. The van der Waals surface area contributed by atoms with Crippen LogP contribution in [0.15, 0.2) is 47.6 Å². The molecule has 1 aromatic carbocycles. The quantitative estimate of drug-likeness (QED) is 0.792. The lowest BCUT2D eigenvalue weighted by Gasteiger charge is -2.46. The Hall–Kier alpha value is -2.89. The number of amidine groups is 1. The van der Waals surface area contributed by atoms with E-state index in [0.717, 1.165) is 35.7 Å². The highest BCUT2D eigenvalue weighted by atomic mass is 16.2. The van der Waals surface area contributed by atoms with E-state index in [9.17, 15) is 4.79 Å². The van der Waals surface area contributed by atoms with Crippen LogP contribution in [-0.2, 0) is 11.2 Å². The van der Waals surface area contributed by atoms with Crippen molar-refractivity contribution in [1.82, 2.24) is 9.88 Å². The maximum absolute atomic E-state index is 12.9. The van der Waals surface area contributed by atoms with Gasteiger partial charge in [0.05, 0.1) is 23.2 Å². The average molecular weight is 406 g/mol. The molecule has 1 amide bonds. The molecule has 3 heterocycles. The molecule has 0 atom stereocenters. The first kappa shape index (κ1) is 20.4. The third-order valence-corrected chi connectivity index (χ3v) is 5.73. The van der Waals surface area contributed by atoms with E-state index in [2.05, 4.69) is 55.4 Å². The van der Waals surface area contributed by atoms with Crippen LogP contribution >= 0.6 is 0 Å². The molecule has 0 bridgehead atoms. The van der Waals surface area contributed by atoms with Crippen molar-refractivity contribution in [2.24, 2.45) is 4.99 Å². The Labute approximate surface area is 178 Å². The van der Waals surface area contributed by atoms with Crippen LogP contribution in [0.25, 0.3) is 0 Å². The topological polar surface area (TPSA) is 69.6 Å². The maximum Gasteiger partial charge on any atom is 0.226 e. The summed E-state index contributed by atoms with van der Waals surface area (Å²) < 4.78 is 0. The van der Waals surface area contributed by atoms with Gasteiger partial charge in [-0.2, -0.15) is 0 Å². The number of aliphatic imine (C=N–C) groups is 1. The van der Waals surface area contributed by atoms with Crippen molar-refractivity contribution in [3.8, 4) is 0 Å². The highest BCUT2D eigenvalue weighted by Gasteiger charge is 2.44. The summed E-state index contributed by atoms with van der Waals surface area (Å²) in [6.45, 7) is 9.77. The summed E-state index contributed by atoms with van der Waals surface area (Å²) in [6, 6.07) is 12.2. The van der Waals surface area contributed by atoms with Crippen LogP contribution < -0.4 is 10.6 Å². The van der Waals surface area contributed by atoms with Crippen LogP contribution in [0.4, 0.5) is 11.5 Å². The maximum atomic E-state index is 12.9. The molecule has 0 radical (unpaired) electrons. The van der Waals surface area contributed by atoms with Gasteiger partial charge in [-0.15, -0.1) is 0 Å². The molecule has 30 heavy (non-hydrogen) atoms. The second kappa shape index (κ2) is 7.74. The zero-order valence-electron chi connectivity index (χ0n) is 18.3. The molecule has 6 heteroatoms. The molecule has 0 saturated carbocycles. The SMILES string of the molecule is Cc1cccc(CC(=O)N2CCC3(CC2)Nc2cccnc2NC3=NC(C)(C)C)c1. The zero-order chi connectivity index (χ0) is 21.4. The first-order chi connectivity index (χ1) is 14.2. The number of hydrogen-bond acceptors (Lipinski definition) is 4. The molecule has 158 valence electrons. The lowest BCUT2D eigenvalue weighted by Crippen LogP contribution is -2.59. The second-order valence-corrected chi connectivity index (χ2v) is 9.41. The van der Waals surface area contributed by atoms with Gasteiger partial charge in [-0.1, -0.05) is 29.8 Å². The number of carbonyl (C=O) groups is 1. The monoisotopic (exact) mass is 405 g/mol. The van der Waals surface area contributed by atoms with Crippen molar-refractivity contribution in [1.29, 1.82) is 0 Å². The van der Waals surface area contributed by atoms with Gasteiger partial charge in [0.1, 0.15) is 5.84 Å². The fraction of sp³-hybridized carbons (Fsp3) is 0.458. The van der Waals surface area contributed by atoms with Crippen LogP contribution in [0.5, 0.6) is 0 Å². The zero-order valence-corrected chi connectivity index (χ0v) is 18.3. The molecule has 2 aromatic rings. The van der Waals surface area contributed by atoms with E-state index in [1.165, 1.54) is 5.56 Å². The average Bonchev–Trinajstić information content (AvgIpc) is 2.68. The molecular weight excluding hydrogens is 374 g/mol. The third kappa shape index (κ3) is 4.32. The summed E-state index contributed by atoms with van der Waals surface area (Å²) in [5.41, 5.74) is 2.74. The highest BCUT2D eigenvalue weighted by Crippen LogP contribution is 2.36. The van der Waals surface area contributed by atoms with E-state index < -0.39 is 0 Å². The molecule has 1 aromatic heterocycles. The number of aromatic nitrogens is 1. The standard InChI is InChI=1S/C24H31N5O/c1-17-7-5-8-18(15-17)16-20(30)29-13-10-24(11-14-29)22(28-23(2,3)4)26-21-19(27-24)9-6-12-25-21/h5-9,12,15,27H,10-11,13-14,16H2,1-4H3,(H,25,26,28). The van der Waals surface area contributed by atoms with Gasteiger partial charge < -0.3 is 15.5 Å². The molecule has 1 saturated heterocycles. The Balaban J connectivity index is 1.52. The number of benzene rings is 1. The van der Waals surface area contributed by atoms with Crippen LogP contribution in [0.3, 0.4) is 0 Å². The summed E-state index contributed by atoms with van der Waals surface area (Å²) in [5, 5.41) is 7.19. The summed E-state index contributed by atoms with van der Waals surface area (Å²) in [5.74, 6) is 1.92. The molecule has 4 rings (SSSR count). The van der Waals surface area contributed by atoms with Crippen LogP contribution in [0.1, 0.15) is 44.7 Å². The summed E-state index contributed by atoms with van der Waals surface area (Å²) in [6.07, 6.45) is 3.86. The normalized spacial score (nSPS) is 19.2. The molecule has 2 N–H and O–H groups in total.